The summed E-state index contributed by atoms with van der Waals surface area (Å²) in [5, 5.41) is 28.7. The number of carboxylic acid groups (broad SMARTS) is 1. The predicted octanol–water partition coefficient (Wildman–Crippen LogP) is -1.29. The zero-order valence-corrected chi connectivity index (χ0v) is 33.3. The lowest BCUT2D eigenvalue weighted by atomic mass is 10.0. The lowest BCUT2D eigenvalue weighted by Gasteiger charge is -2.26. The molecule has 1 saturated heterocycles. The van der Waals surface area contributed by atoms with E-state index in [4.69, 9.17) is 17.3 Å². The molecule has 0 unspecified atom stereocenters. The molecule has 1 aliphatic heterocycles. The highest BCUT2D eigenvalue weighted by molar-refractivity contribution is 6.31. The number of amides is 6. The van der Waals surface area contributed by atoms with Crippen molar-refractivity contribution in [2.24, 2.45) is 38.3 Å². The van der Waals surface area contributed by atoms with E-state index in [-0.39, 0.29) is 50.0 Å². The van der Waals surface area contributed by atoms with E-state index in [0.29, 0.717) is 50.0 Å². The molecule has 1 aliphatic rings. The topological polar surface area (TPSA) is 327 Å². The largest absolute Gasteiger partial charge is 0.481 e. The van der Waals surface area contributed by atoms with Crippen LogP contribution in [-0.2, 0) is 40.0 Å². The van der Waals surface area contributed by atoms with Crippen molar-refractivity contribution < 1.29 is 38.7 Å². The van der Waals surface area contributed by atoms with E-state index in [0.717, 1.165) is 12.8 Å². The number of guanidine groups is 1. The predicted molar refractivity (Wildman–Crippen MR) is 218 cm³/mol. The first-order valence-electron chi connectivity index (χ1n) is 19.5. The Morgan fingerprint density at radius 3 is 2.10 bits per heavy atom. The lowest BCUT2D eigenvalue weighted by Crippen LogP contribution is -2.58. The number of nitrogens with one attached hydrogen (secondary N) is 6. The molecule has 13 N–H and O–H groups in total. The van der Waals surface area contributed by atoms with E-state index in [1.807, 2.05) is 13.8 Å². The molecule has 1 aromatic rings. The van der Waals surface area contributed by atoms with Gasteiger partial charge in [0.1, 0.15) is 24.2 Å². The third-order valence-electron chi connectivity index (χ3n) is 8.98. The van der Waals surface area contributed by atoms with Crippen LogP contribution in [0.25, 0.3) is 0 Å². The Kier molecular flexibility index (Phi) is 22.1. The summed E-state index contributed by atoms with van der Waals surface area (Å²) in [4.78, 5) is 99.6. The van der Waals surface area contributed by atoms with Gasteiger partial charge in [0.2, 0.25) is 35.4 Å². The van der Waals surface area contributed by atoms with Gasteiger partial charge >= 0.3 is 5.97 Å². The molecule has 0 aliphatic carbocycles. The molecule has 0 saturated carbocycles. The molecule has 0 aromatic heterocycles. The molecule has 320 valence electrons. The van der Waals surface area contributed by atoms with Crippen LogP contribution >= 0.6 is 0 Å². The second kappa shape index (κ2) is 26.7. The van der Waals surface area contributed by atoms with Crippen molar-refractivity contribution in [2.45, 2.75) is 109 Å². The van der Waals surface area contributed by atoms with E-state index in [9.17, 15) is 38.7 Å². The van der Waals surface area contributed by atoms with Crippen LogP contribution in [0.15, 0.2) is 45.4 Å². The molecule has 1 fully saturated rings. The minimum Gasteiger partial charge on any atom is -0.481 e. The van der Waals surface area contributed by atoms with Gasteiger partial charge in [0.05, 0.1) is 18.7 Å². The Morgan fingerprint density at radius 1 is 0.810 bits per heavy atom. The van der Waals surface area contributed by atoms with E-state index in [1.165, 1.54) is 0 Å². The zero-order valence-electron chi connectivity index (χ0n) is 33.3. The second-order valence-corrected chi connectivity index (χ2v) is 14.2. The summed E-state index contributed by atoms with van der Waals surface area (Å²) in [6.45, 7) is 4.37. The van der Waals surface area contributed by atoms with Crippen LogP contribution in [0.4, 0.5) is 0 Å². The first kappa shape index (κ1) is 48.1. The third-order valence-corrected chi connectivity index (χ3v) is 8.98. The molecule has 2 rings (SSSR count). The molecule has 4 atom stereocenters. The zero-order chi connectivity index (χ0) is 42.9. The molecular weight excluding hydrogens is 752 g/mol. The average molecular weight is 813 g/mol. The summed E-state index contributed by atoms with van der Waals surface area (Å²) in [6, 6.07) is 3.44. The van der Waals surface area contributed by atoms with Crippen molar-refractivity contribution in [3.8, 4) is 0 Å². The molecule has 0 spiro atoms. The van der Waals surface area contributed by atoms with Crippen LogP contribution < -0.4 is 49.2 Å². The molecule has 20 nitrogen and oxygen atoms in total. The van der Waals surface area contributed by atoms with Crippen molar-refractivity contribution in [3.05, 3.63) is 35.9 Å². The highest BCUT2D eigenvalue weighted by Gasteiger charge is 2.33. The molecule has 20 heteroatoms. The molecule has 0 bridgehead atoms. The van der Waals surface area contributed by atoms with Crippen LogP contribution in [0.3, 0.4) is 0 Å². The highest BCUT2D eigenvalue weighted by Crippen LogP contribution is 2.10. The maximum Gasteiger partial charge on any atom is 0.305 e. The van der Waals surface area contributed by atoms with Gasteiger partial charge in [-0.3, -0.25) is 43.5 Å². The van der Waals surface area contributed by atoms with E-state index in [2.05, 4.69) is 47.0 Å². The third kappa shape index (κ3) is 19.7. The standard InChI is InChI=1S/C38H60N12O8/c1-24(2)30(50-41)22-42-17-9-4-7-16-31(51)43-18-10-8-14-27-35(56)47-26(15-11-19-44-38(39)40)34(55)45-23-32(52)46-29(21-33(53)54)37(58)49-28(36(57)48-27)20-25-12-5-3-6-13-25/h3,5-6,12-13,22,24,26-29H,4,7-11,14-21,23,41H2,1-2H3,(H,43,51)(H,45,55)(H,46,52)(H,47,56)(H,48,57)(H,49,58)(H,53,54)(H4,39,40,44)/b42-22?,50-30+/t26-,27-,28+,29-/m0/s1. The number of carboxylic acids is 1. The van der Waals surface area contributed by atoms with Crippen molar-refractivity contribution >= 4 is 59.3 Å². The average Bonchev–Trinajstić information content (AvgIpc) is 3.17. The minimum absolute atomic E-state index is 0.0324. The maximum absolute atomic E-state index is 13.9. The van der Waals surface area contributed by atoms with E-state index >= 15 is 0 Å². The van der Waals surface area contributed by atoms with Gasteiger partial charge in [0, 0.05) is 38.7 Å². The minimum atomic E-state index is -1.59. The van der Waals surface area contributed by atoms with Gasteiger partial charge in [-0.25, -0.2) is 0 Å². The molecule has 1 aromatic carbocycles. The number of hydrogen-bond acceptors (Lipinski definition) is 11. The molecule has 58 heavy (non-hydrogen) atoms. The first-order valence-corrected chi connectivity index (χ1v) is 19.5. The number of hydrazone groups is 1. The summed E-state index contributed by atoms with van der Waals surface area (Å²) in [7, 11) is 0. The smallest absolute Gasteiger partial charge is 0.305 e. The van der Waals surface area contributed by atoms with Crippen molar-refractivity contribution in [1.29, 1.82) is 0 Å². The fourth-order valence-electron chi connectivity index (χ4n) is 5.78. The number of carbonyl (C=O) groups is 7. The van der Waals surface area contributed by atoms with Crippen molar-refractivity contribution in [2.75, 3.05) is 26.2 Å². The molecule has 1 heterocycles. The van der Waals surface area contributed by atoms with Crippen LogP contribution in [0.5, 0.6) is 0 Å². The Morgan fingerprint density at radius 2 is 1.45 bits per heavy atom. The number of nitrogens with two attached hydrogens (primary N) is 3. The summed E-state index contributed by atoms with van der Waals surface area (Å²) in [5.74, 6) is -0.153. The number of aliphatic carboxylic acids is 1. The number of unbranched alkanes of at least 4 members (excludes halogenated alkanes) is 3. The van der Waals surface area contributed by atoms with Crippen molar-refractivity contribution in [1.82, 2.24) is 31.9 Å². The second-order valence-electron chi connectivity index (χ2n) is 14.2. The SMILES string of the molecule is CC(C)/C(C=NCCCCCC(=O)NCCCC[C@@H]1NC(=O)[C@@H](Cc2ccccc2)NC(=O)[C@H](CC(=O)O)NC(=O)CNC(=O)[C@H](CCCN=C(N)N)NC1=O)=N/N. The Balaban J connectivity index is 2.19. The molecular formula is C38H60N12O8. The quantitative estimate of drug-likeness (QED) is 0.0229. The number of hydrogen-bond donors (Lipinski definition) is 10. The Bertz CT molecular complexity index is 1610. The van der Waals surface area contributed by atoms with Crippen molar-refractivity contribution in [3.63, 3.8) is 0 Å². The van der Waals surface area contributed by atoms with Crippen LogP contribution in [0, 0.1) is 5.92 Å². The number of nitrogens with zero attached hydrogens (tertiary/aromatic N) is 3. The lowest BCUT2D eigenvalue weighted by molar-refractivity contribution is -0.141. The Hall–Kier alpha value is -6.08. The van der Waals surface area contributed by atoms with E-state index < -0.39 is 72.6 Å². The summed E-state index contributed by atoms with van der Waals surface area (Å²) >= 11 is 0. The number of rotatable bonds is 21. The fourth-order valence-corrected chi connectivity index (χ4v) is 5.78. The summed E-state index contributed by atoms with van der Waals surface area (Å²) in [6.07, 6.45) is 4.70. The molecule has 0 radical (unpaired) electrons. The monoisotopic (exact) mass is 812 g/mol. The Labute approximate surface area is 338 Å². The van der Waals surface area contributed by atoms with Gasteiger partial charge < -0.3 is 54.3 Å². The van der Waals surface area contributed by atoms with Crippen LogP contribution in [0.2, 0.25) is 0 Å². The van der Waals surface area contributed by atoms with Gasteiger partial charge in [0.25, 0.3) is 0 Å². The van der Waals surface area contributed by atoms with Gasteiger partial charge in [-0.05, 0) is 56.4 Å². The first-order chi connectivity index (χ1) is 27.7. The maximum atomic E-state index is 13.9. The number of carbonyl (C=O) groups excluding carboxylic acids is 6. The van der Waals surface area contributed by atoms with Gasteiger partial charge in [-0.15, -0.1) is 0 Å². The number of benzene rings is 1. The summed E-state index contributed by atoms with van der Waals surface area (Å²) in [5.41, 5.74) is 12.2. The number of aliphatic imine (C=N–C) groups is 2. The highest BCUT2D eigenvalue weighted by atomic mass is 16.4. The van der Waals surface area contributed by atoms with Gasteiger partial charge in [0.15, 0.2) is 5.96 Å². The fraction of sp³-hybridized carbons (Fsp3) is 0.579. The van der Waals surface area contributed by atoms with E-state index in [1.54, 1.807) is 36.5 Å². The van der Waals surface area contributed by atoms with Gasteiger partial charge in [-0.1, -0.05) is 50.6 Å². The summed E-state index contributed by atoms with van der Waals surface area (Å²) < 4.78 is 0. The van der Waals surface area contributed by atoms with Crippen LogP contribution in [0.1, 0.15) is 83.6 Å². The normalized spacial score (nSPS) is 19.8. The van der Waals surface area contributed by atoms with Crippen LogP contribution in [-0.4, -0.2) is 115 Å². The molecule has 6 amide bonds. The van der Waals surface area contributed by atoms with Gasteiger partial charge in [-0.2, -0.15) is 5.10 Å².